The molecule has 0 unspecified atom stereocenters. The highest BCUT2D eigenvalue weighted by Gasteiger charge is 2.31. The average molecular weight is 564 g/mol. The molecule has 4 nitrogen and oxygen atoms in total. The fraction of sp³-hybridized carbons (Fsp3) is 0.286. The highest BCUT2D eigenvalue weighted by atomic mass is 35.5. The predicted octanol–water partition coefficient (Wildman–Crippen LogP) is 7.04. The Morgan fingerprint density at radius 2 is 1.56 bits per heavy atom. The summed E-state index contributed by atoms with van der Waals surface area (Å²) in [5.41, 5.74) is 2.77. The van der Waals surface area contributed by atoms with E-state index in [1.807, 2.05) is 68.4 Å². The van der Waals surface area contributed by atoms with E-state index in [2.05, 4.69) is 5.32 Å². The highest BCUT2D eigenvalue weighted by Crippen LogP contribution is 2.25. The van der Waals surface area contributed by atoms with Gasteiger partial charge in [-0.1, -0.05) is 83.3 Å². The number of hydrogen-bond donors (Lipinski definition) is 1. The Morgan fingerprint density at radius 3 is 2.19 bits per heavy atom. The number of nitrogens with zero attached hydrogens (tertiary/aromatic N) is 1. The lowest BCUT2D eigenvalue weighted by Crippen LogP contribution is -2.52. The van der Waals surface area contributed by atoms with Crippen LogP contribution in [0.4, 0.5) is 0 Å². The molecule has 0 aliphatic heterocycles. The SMILES string of the molecule is CC(C)NC(=O)[C@H](Cc1ccccc1)N(Cc1ccc(Cl)cc1Cl)C(=O)CSCc1ccc(Cl)cc1. The number of thioether (sulfide) groups is 1. The van der Waals surface area contributed by atoms with Crippen LogP contribution >= 0.6 is 46.6 Å². The van der Waals surface area contributed by atoms with Gasteiger partial charge < -0.3 is 10.2 Å². The standard InChI is InChI=1S/C28H29Cl3N2O2S/c1-19(2)32-28(35)26(14-20-6-4-3-5-7-20)33(16-22-10-13-24(30)15-25(22)31)27(34)18-36-17-21-8-11-23(29)12-9-21/h3-13,15,19,26H,14,16-18H2,1-2H3,(H,32,35)/t26-/m0/s1. The lowest BCUT2D eigenvalue weighted by atomic mass is 10.0. The van der Waals surface area contributed by atoms with Crippen molar-refractivity contribution >= 4 is 58.4 Å². The minimum Gasteiger partial charge on any atom is -0.352 e. The number of hydrogen-bond acceptors (Lipinski definition) is 3. The summed E-state index contributed by atoms with van der Waals surface area (Å²) in [7, 11) is 0. The molecule has 1 N–H and O–H groups in total. The molecule has 3 rings (SSSR count). The van der Waals surface area contributed by atoms with E-state index in [4.69, 9.17) is 34.8 Å². The van der Waals surface area contributed by atoms with Crippen LogP contribution in [0.3, 0.4) is 0 Å². The van der Waals surface area contributed by atoms with Crippen molar-refractivity contribution in [3.63, 3.8) is 0 Å². The summed E-state index contributed by atoms with van der Waals surface area (Å²) in [4.78, 5) is 28.6. The molecule has 0 aromatic heterocycles. The fourth-order valence-corrected chi connectivity index (χ4v) is 5.15. The van der Waals surface area contributed by atoms with Gasteiger partial charge in [0.15, 0.2) is 0 Å². The van der Waals surface area contributed by atoms with E-state index in [1.165, 1.54) is 11.8 Å². The van der Waals surface area contributed by atoms with Crippen molar-refractivity contribution in [2.75, 3.05) is 5.75 Å². The van der Waals surface area contributed by atoms with Gasteiger partial charge in [0.2, 0.25) is 11.8 Å². The van der Waals surface area contributed by atoms with E-state index in [-0.39, 0.29) is 30.2 Å². The van der Waals surface area contributed by atoms with Gasteiger partial charge in [-0.25, -0.2) is 0 Å². The van der Waals surface area contributed by atoms with Crippen LogP contribution in [0.2, 0.25) is 15.1 Å². The number of amides is 2. The van der Waals surface area contributed by atoms with E-state index in [0.29, 0.717) is 27.2 Å². The number of benzene rings is 3. The summed E-state index contributed by atoms with van der Waals surface area (Å²) in [6, 6.07) is 21.7. The van der Waals surface area contributed by atoms with Crippen molar-refractivity contribution in [1.82, 2.24) is 10.2 Å². The van der Waals surface area contributed by atoms with Crippen molar-refractivity contribution in [3.8, 4) is 0 Å². The minimum absolute atomic E-state index is 0.0638. The third-order valence-electron chi connectivity index (χ3n) is 5.47. The second kappa shape index (κ2) is 13.9. The summed E-state index contributed by atoms with van der Waals surface area (Å²) in [5, 5.41) is 4.63. The van der Waals surface area contributed by atoms with Crippen LogP contribution in [-0.4, -0.2) is 34.6 Å². The summed E-state index contributed by atoms with van der Waals surface area (Å²) in [5.74, 6) is 0.531. The molecule has 8 heteroatoms. The molecular weight excluding hydrogens is 535 g/mol. The van der Waals surface area contributed by atoms with Crippen molar-refractivity contribution in [2.45, 2.75) is 44.6 Å². The van der Waals surface area contributed by atoms with Gasteiger partial charge in [-0.2, -0.15) is 0 Å². The minimum atomic E-state index is -0.704. The molecule has 3 aromatic carbocycles. The van der Waals surface area contributed by atoms with Crippen molar-refractivity contribution in [1.29, 1.82) is 0 Å². The summed E-state index contributed by atoms with van der Waals surface area (Å²) in [6.45, 7) is 4.00. The number of rotatable bonds is 11. The Kier molecular flexibility index (Phi) is 11.0. The second-order valence-electron chi connectivity index (χ2n) is 8.75. The van der Waals surface area contributed by atoms with Crippen LogP contribution in [0.5, 0.6) is 0 Å². The molecule has 2 amide bonds. The number of carbonyl (C=O) groups is 2. The van der Waals surface area contributed by atoms with E-state index >= 15 is 0 Å². The fourth-order valence-electron chi connectivity index (χ4n) is 3.69. The van der Waals surface area contributed by atoms with Crippen LogP contribution in [0.1, 0.15) is 30.5 Å². The zero-order chi connectivity index (χ0) is 26.1. The smallest absolute Gasteiger partial charge is 0.243 e. The molecule has 0 heterocycles. The van der Waals surface area contributed by atoms with Crippen LogP contribution in [0.15, 0.2) is 72.8 Å². The Morgan fingerprint density at radius 1 is 0.889 bits per heavy atom. The Labute approximate surface area is 232 Å². The molecule has 0 aliphatic rings. The maximum atomic E-state index is 13.6. The van der Waals surface area contributed by atoms with Gasteiger partial charge in [-0.3, -0.25) is 9.59 Å². The molecule has 190 valence electrons. The molecule has 0 saturated heterocycles. The lowest BCUT2D eigenvalue weighted by Gasteiger charge is -2.32. The number of carbonyl (C=O) groups excluding carboxylic acids is 2. The summed E-state index contributed by atoms with van der Waals surface area (Å²) < 4.78 is 0. The van der Waals surface area contributed by atoms with Gasteiger partial charge >= 0.3 is 0 Å². The summed E-state index contributed by atoms with van der Waals surface area (Å²) >= 11 is 20.0. The molecule has 0 fully saturated rings. The van der Waals surface area contributed by atoms with E-state index < -0.39 is 6.04 Å². The largest absolute Gasteiger partial charge is 0.352 e. The van der Waals surface area contributed by atoms with E-state index in [1.54, 1.807) is 23.1 Å². The van der Waals surface area contributed by atoms with Gasteiger partial charge in [-0.05, 0) is 54.8 Å². The normalized spacial score (nSPS) is 11.8. The van der Waals surface area contributed by atoms with Gasteiger partial charge in [0.1, 0.15) is 6.04 Å². The van der Waals surface area contributed by atoms with E-state index in [0.717, 1.165) is 16.7 Å². The van der Waals surface area contributed by atoms with Crippen molar-refractivity contribution < 1.29 is 9.59 Å². The van der Waals surface area contributed by atoms with Crippen LogP contribution < -0.4 is 5.32 Å². The Bertz CT molecular complexity index is 1160. The molecule has 0 radical (unpaired) electrons. The quantitative estimate of drug-likeness (QED) is 0.272. The van der Waals surface area contributed by atoms with E-state index in [9.17, 15) is 9.59 Å². The molecular formula is C28H29Cl3N2O2S. The van der Waals surface area contributed by atoms with Crippen molar-refractivity contribution in [2.24, 2.45) is 0 Å². The molecule has 0 saturated carbocycles. The third-order valence-corrected chi connectivity index (χ3v) is 7.29. The van der Waals surface area contributed by atoms with Crippen LogP contribution in [0, 0.1) is 0 Å². The maximum Gasteiger partial charge on any atom is 0.243 e. The molecule has 3 aromatic rings. The first-order chi connectivity index (χ1) is 17.2. The first kappa shape index (κ1) is 28.4. The maximum absolute atomic E-state index is 13.6. The summed E-state index contributed by atoms with van der Waals surface area (Å²) in [6.07, 6.45) is 0.387. The van der Waals surface area contributed by atoms with Gasteiger partial charge in [0, 0.05) is 39.8 Å². The zero-order valence-corrected chi connectivity index (χ0v) is 23.3. The molecule has 0 spiro atoms. The second-order valence-corrected chi connectivity index (χ2v) is 11.0. The Balaban J connectivity index is 1.87. The predicted molar refractivity (Wildman–Crippen MR) is 152 cm³/mol. The lowest BCUT2D eigenvalue weighted by molar-refractivity contribution is -0.139. The average Bonchev–Trinajstić information content (AvgIpc) is 2.84. The van der Waals surface area contributed by atoms with Crippen molar-refractivity contribution in [3.05, 3.63) is 105 Å². The van der Waals surface area contributed by atoms with Gasteiger partial charge in [-0.15, -0.1) is 11.8 Å². The van der Waals surface area contributed by atoms with Gasteiger partial charge in [0.05, 0.1) is 5.75 Å². The highest BCUT2D eigenvalue weighted by molar-refractivity contribution is 7.99. The topological polar surface area (TPSA) is 49.4 Å². The zero-order valence-electron chi connectivity index (χ0n) is 20.2. The molecule has 1 atom stereocenters. The van der Waals surface area contributed by atoms with Gasteiger partial charge in [0.25, 0.3) is 0 Å². The Hall–Kier alpha value is -2.18. The number of nitrogens with one attached hydrogen (secondary N) is 1. The monoisotopic (exact) mass is 562 g/mol. The first-order valence-corrected chi connectivity index (χ1v) is 13.9. The number of halogens is 3. The molecule has 0 aliphatic carbocycles. The molecule has 0 bridgehead atoms. The van der Waals surface area contributed by atoms with Crippen LogP contribution in [0.25, 0.3) is 0 Å². The first-order valence-electron chi connectivity index (χ1n) is 11.6. The third kappa shape index (κ3) is 8.74. The van der Waals surface area contributed by atoms with Crippen LogP contribution in [-0.2, 0) is 28.3 Å². The molecule has 36 heavy (non-hydrogen) atoms.